The standard InChI is InChI=1S/3C2H6OS.ClH.Rh/c3*1-4(2)3;;/h3*1-2H3;1H;/p-1. The fourth-order valence-electron chi connectivity index (χ4n) is 0. The summed E-state index contributed by atoms with van der Waals surface area (Å²) in [6, 6.07) is 0. The molecule has 0 heterocycles. The van der Waals surface area contributed by atoms with Gasteiger partial charge in [0.05, 0.1) is 0 Å². The first kappa shape index (κ1) is 29.5. The van der Waals surface area contributed by atoms with Crippen molar-refractivity contribution in [1.29, 1.82) is 0 Å². The molecule has 0 aromatic carbocycles. The van der Waals surface area contributed by atoms with Gasteiger partial charge in [-0.3, -0.25) is 12.6 Å². The topological polar surface area (TPSA) is 51.2 Å². The molecule has 95 valence electrons. The van der Waals surface area contributed by atoms with Crippen molar-refractivity contribution >= 4 is 32.4 Å². The number of rotatable bonds is 0. The van der Waals surface area contributed by atoms with E-state index in [1.807, 2.05) is 0 Å². The second-order valence-electron chi connectivity index (χ2n) is 2.22. The SMILES string of the molecule is CS(C)=O.CS(C)=O.CS(C)=O.[Cl-].[Rh]. The van der Waals surface area contributed by atoms with E-state index < -0.39 is 32.4 Å². The Bertz CT molecular complexity index is 126. The van der Waals surface area contributed by atoms with E-state index in [1.54, 1.807) is 37.5 Å². The molecule has 0 N–H and O–H groups in total. The molecule has 0 aromatic heterocycles. The van der Waals surface area contributed by atoms with Crippen LogP contribution in [0.2, 0.25) is 0 Å². The summed E-state index contributed by atoms with van der Waals surface area (Å²) in [6.07, 6.45) is 9.83. The normalized spacial score (nSPS) is 7.50. The van der Waals surface area contributed by atoms with E-state index in [-0.39, 0.29) is 31.9 Å². The smallest absolute Gasteiger partial charge is 0.0148 e. The molecule has 0 unspecified atom stereocenters. The Hall–Kier alpha value is 1.36. The molecule has 0 fully saturated rings. The van der Waals surface area contributed by atoms with Crippen LogP contribution in [-0.4, -0.2) is 50.2 Å². The minimum atomic E-state index is -0.611. The predicted octanol–water partition coefficient (Wildman–Crippen LogP) is -3.01. The molecule has 0 saturated heterocycles. The fraction of sp³-hybridized carbons (Fsp3) is 1.00. The first-order valence-corrected chi connectivity index (χ1v) is 8.85. The molecule has 8 heteroatoms. The van der Waals surface area contributed by atoms with Gasteiger partial charge in [0.25, 0.3) is 0 Å². The quantitative estimate of drug-likeness (QED) is 0.426. The van der Waals surface area contributed by atoms with Gasteiger partial charge in [0.15, 0.2) is 0 Å². The van der Waals surface area contributed by atoms with Crippen LogP contribution in [-0.2, 0) is 51.9 Å². The van der Waals surface area contributed by atoms with Crippen LogP contribution in [0.3, 0.4) is 0 Å². The van der Waals surface area contributed by atoms with E-state index >= 15 is 0 Å². The Balaban J connectivity index is -0.0000000270. The monoisotopic (exact) mass is 372 g/mol. The van der Waals surface area contributed by atoms with Crippen LogP contribution in [0, 0.1) is 0 Å². The number of hydrogen-bond acceptors (Lipinski definition) is 3. The average molecular weight is 373 g/mol. The molecule has 0 atom stereocenters. The van der Waals surface area contributed by atoms with Crippen LogP contribution in [0.4, 0.5) is 0 Å². The summed E-state index contributed by atoms with van der Waals surface area (Å²) >= 11 is 0. The molecule has 0 bridgehead atoms. The maximum Gasteiger partial charge on any atom is 0.0148 e. The molecule has 0 aliphatic heterocycles. The average Bonchev–Trinajstić information content (AvgIpc) is 1.54. The van der Waals surface area contributed by atoms with Gasteiger partial charge in [0, 0.05) is 89.4 Å². The van der Waals surface area contributed by atoms with Crippen molar-refractivity contribution in [3.8, 4) is 0 Å². The maximum atomic E-state index is 9.56. The zero-order valence-corrected chi connectivity index (χ0v) is 14.0. The van der Waals surface area contributed by atoms with Gasteiger partial charge in [-0.25, -0.2) is 0 Å². The maximum absolute atomic E-state index is 9.56. The minimum absolute atomic E-state index is 0. The summed E-state index contributed by atoms with van der Waals surface area (Å²) < 4.78 is 28.7. The first-order valence-electron chi connectivity index (χ1n) is 2.95. The Morgan fingerprint density at radius 2 is 0.571 bits per heavy atom. The van der Waals surface area contributed by atoms with E-state index in [0.29, 0.717) is 0 Å². The second-order valence-corrected chi connectivity index (χ2v) is 6.67. The molecule has 0 rings (SSSR count). The molecular formula is C6H18ClO3RhS3-. The summed E-state index contributed by atoms with van der Waals surface area (Å²) in [6.45, 7) is 0. The molecule has 14 heavy (non-hydrogen) atoms. The van der Waals surface area contributed by atoms with Crippen molar-refractivity contribution in [2.75, 3.05) is 37.5 Å². The summed E-state index contributed by atoms with van der Waals surface area (Å²) in [5.74, 6) is 0. The summed E-state index contributed by atoms with van der Waals surface area (Å²) in [4.78, 5) is 0. The molecule has 3 nitrogen and oxygen atoms in total. The van der Waals surface area contributed by atoms with Gasteiger partial charge in [0.1, 0.15) is 0 Å². The summed E-state index contributed by atoms with van der Waals surface area (Å²) in [7, 11) is -1.83. The van der Waals surface area contributed by atoms with Crippen molar-refractivity contribution in [2.24, 2.45) is 0 Å². The molecule has 0 amide bonds. The van der Waals surface area contributed by atoms with Crippen LogP contribution in [0.5, 0.6) is 0 Å². The third kappa shape index (κ3) is 1100. The van der Waals surface area contributed by atoms with Crippen LogP contribution in [0.25, 0.3) is 0 Å². The molecule has 0 saturated carbocycles. The van der Waals surface area contributed by atoms with Gasteiger partial charge < -0.3 is 12.4 Å². The van der Waals surface area contributed by atoms with E-state index in [4.69, 9.17) is 0 Å². The van der Waals surface area contributed by atoms with E-state index in [2.05, 4.69) is 0 Å². The zero-order valence-electron chi connectivity index (χ0n) is 9.16. The van der Waals surface area contributed by atoms with E-state index in [0.717, 1.165) is 0 Å². The number of hydrogen-bond donors (Lipinski definition) is 0. The Morgan fingerprint density at radius 3 is 0.571 bits per heavy atom. The van der Waals surface area contributed by atoms with Crippen LogP contribution < -0.4 is 12.4 Å². The van der Waals surface area contributed by atoms with Crippen molar-refractivity contribution in [2.45, 2.75) is 0 Å². The van der Waals surface area contributed by atoms with Gasteiger partial charge in [-0.1, -0.05) is 0 Å². The molecule has 1 radical (unpaired) electrons. The Labute approximate surface area is 114 Å². The fourth-order valence-corrected chi connectivity index (χ4v) is 0. The summed E-state index contributed by atoms with van der Waals surface area (Å²) in [5.41, 5.74) is 0. The number of halogens is 1. The predicted molar refractivity (Wildman–Crippen MR) is 60.0 cm³/mol. The van der Waals surface area contributed by atoms with Crippen LogP contribution in [0.15, 0.2) is 0 Å². The van der Waals surface area contributed by atoms with Crippen molar-refractivity contribution < 1.29 is 44.5 Å². The van der Waals surface area contributed by atoms with Crippen molar-refractivity contribution in [1.82, 2.24) is 0 Å². The van der Waals surface area contributed by atoms with Crippen LogP contribution >= 0.6 is 0 Å². The third-order valence-corrected chi connectivity index (χ3v) is 0. The summed E-state index contributed by atoms with van der Waals surface area (Å²) in [5, 5.41) is 0. The first-order chi connectivity index (χ1) is 5.20. The van der Waals surface area contributed by atoms with Gasteiger partial charge in [0.2, 0.25) is 0 Å². The molecule has 0 aliphatic rings. The van der Waals surface area contributed by atoms with Gasteiger partial charge >= 0.3 is 0 Å². The third-order valence-electron chi connectivity index (χ3n) is 0. The van der Waals surface area contributed by atoms with Crippen molar-refractivity contribution in [3.05, 3.63) is 0 Å². The zero-order chi connectivity index (χ0) is 10.7. The van der Waals surface area contributed by atoms with E-state index in [9.17, 15) is 12.6 Å². The van der Waals surface area contributed by atoms with Gasteiger partial charge in [-0.05, 0) is 0 Å². The van der Waals surface area contributed by atoms with Crippen molar-refractivity contribution in [3.63, 3.8) is 0 Å². The Morgan fingerprint density at radius 1 is 0.571 bits per heavy atom. The largest absolute Gasteiger partial charge is 1.00 e. The minimum Gasteiger partial charge on any atom is -1.00 e. The molecule has 0 aromatic rings. The van der Waals surface area contributed by atoms with E-state index in [1.165, 1.54) is 0 Å². The van der Waals surface area contributed by atoms with Gasteiger partial charge in [-0.15, -0.1) is 0 Å². The van der Waals surface area contributed by atoms with Gasteiger partial charge in [-0.2, -0.15) is 0 Å². The molecule has 0 aliphatic carbocycles. The second kappa shape index (κ2) is 23.9. The van der Waals surface area contributed by atoms with Crippen LogP contribution in [0.1, 0.15) is 0 Å². The molecule has 0 spiro atoms. The molecular weight excluding hydrogens is 355 g/mol. The Kier molecular flexibility index (Phi) is 50.3.